The summed E-state index contributed by atoms with van der Waals surface area (Å²) in [4.78, 5) is 16.5. The second kappa shape index (κ2) is 4.82. The average Bonchev–Trinajstić information content (AvgIpc) is 2.63. The van der Waals surface area contributed by atoms with Crippen molar-refractivity contribution < 1.29 is 11.6 Å². The van der Waals surface area contributed by atoms with E-state index in [0.29, 0.717) is 18.7 Å². The molecule has 4 atom stereocenters. The highest BCUT2D eigenvalue weighted by Crippen LogP contribution is 2.41. The van der Waals surface area contributed by atoms with Gasteiger partial charge >= 0.3 is 0 Å². The highest BCUT2D eigenvalue weighted by Gasteiger charge is 2.43. The third-order valence-corrected chi connectivity index (χ3v) is 5.71. The summed E-state index contributed by atoms with van der Waals surface area (Å²) in [5.41, 5.74) is 3.11. The molecule has 0 N–H and O–H groups in total. The first kappa shape index (κ1) is 9.07. The number of aryl methyl sites for hydroxylation is 1. The van der Waals surface area contributed by atoms with Gasteiger partial charge in [-0.1, -0.05) is 12.1 Å². The third-order valence-electron chi connectivity index (χ3n) is 5.71. The number of nitrogens with zero attached hydrogens (tertiary/aromatic N) is 2. The third kappa shape index (κ3) is 1.81. The van der Waals surface area contributed by atoms with Crippen LogP contribution in [0.25, 0.3) is 0 Å². The molecule has 1 aliphatic carbocycles. The number of benzene rings is 1. The van der Waals surface area contributed by atoms with E-state index in [1.54, 1.807) is 4.90 Å². The number of hydrogen-bond donors (Lipinski definition) is 0. The summed E-state index contributed by atoms with van der Waals surface area (Å²) < 4.78 is 42.3. The molecule has 3 fully saturated rings. The molecule has 1 aromatic carbocycles. The van der Waals surface area contributed by atoms with Crippen LogP contribution in [0.3, 0.4) is 0 Å². The number of carbonyl (C=O) groups is 1. The van der Waals surface area contributed by atoms with E-state index in [4.69, 9.17) is 6.85 Å². The molecule has 0 aromatic heterocycles. The fourth-order valence-electron chi connectivity index (χ4n) is 4.63. The predicted molar refractivity (Wildman–Crippen MR) is 86.1 cm³/mol. The smallest absolute Gasteiger partial charge is 0.254 e. The maximum atomic E-state index is 13.4. The van der Waals surface area contributed by atoms with E-state index in [0.717, 1.165) is 24.8 Å². The van der Waals surface area contributed by atoms with Crippen LogP contribution in [0.2, 0.25) is 0 Å². The maximum absolute atomic E-state index is 13.4. The molecule has 0 radical (unpaired) electrons. The van der Waals surface area contributed by atoms with Crippen molar-refractivity contribution in [2.24, 2.45) is 5.89 Å². The Morgan fingerprint density at radius 1 is 1.27 bits per heavy atom. The van der Waals surface area contributed by atoms with Crippen molar-refractivity contribution in [3.63, 3.8) is 0 Å². The molecular weight excluding hydrogens is 272 g/mol. The fourth-order valence-corrected chi connectivity index (χ4v) is 4.63. The molecule has 0 spiro atoms. The molecule has 4 aliphatic heterocycles. The van der Waals surface area contributed by atoms with Crippen molar-refractivity contribution in [1.29, 1.82) is 0 Å². The summed E-state index contributed by atoms with van der Waals surface area (Å²) in [6.07, 6.45) is 0.981. The monoisotopic (exact) mass is 301 g/mol. The highest BCUT2D eigenvalue weighted by molar-refractivity contribution is 5.97. The Kier molecular flexibility index (Phi) is 1.99. The summed E-state index contributed by atoms with van der Waals surface area (Å²) in [5.74, 6) is -1.51. The van der Waals surface area contributed by atoms with Crippen LogP contribution in [0, 0.1) is 5.89 Å². The van der Waals surface area contributed by atoms with Crippen molar-refractivity contribution >= 4 is 5.91 Å². The molecular formula is C19H24N2O. The minimum atomic E-state index is -2.34. The Hall–Kier alpha value is -1.35. The molecule has 1 aromatic rings. The number of amides is 1. The van der Waals surface area contributed by atoms with Crippen LogP contribution in [0.5, 0.6) is 0 Å². The van der Waals surface area contributed by atoms with Gasteiger partial charge in [0.25, 0.3) is 5.91 Å². The van der Waals surface area contributed by atoms with Crippen molar-refractivity contribution in [2.45, 2.75) is 44.0 Å². The summed E-state index contributed by atoms with van der Waals surface area (Å²) in [6, 6.07) is 5.25. The second-order valence-corrected chi connectivity index (χ2v) is 6.90. The lowest BCUT2D eigenvalue weighted by Gasteiger charge is -2.51. The van der Waals surface area contributed by atoms with Crippen LogP contribution < -0.4 is 0 Å². The zero-order valence-electron chi connectivity index (χ0n) is 17.6. The van der Waals surface area contributed by atoms with Crippen LogP contribution in [-0.4, -0.2) is 47.9 Å². The molecule has 1 unspecified atom stereocenters. The number of rotatable bonds is 1. The molecule has 5 aliphatic rings. The van der Waals surface area contributed by atoms with E-state index in [-0.39, 0.29) is 24.8 Å². The van der Waals surface area contributed by atoms with E-state index < -0.39 is 24.8 Å². The van der Waals surface area contributed by atoms with Gasteiger partial charge < -0.3 is 9.80 Å². The Morgan fingerprint density at radius 2 is 2.23 bits per heavy atom. The van der Waals surface area contributed by atoms with Crippen LogP contribution >= 0.6 is 0 Å². The van der Waals surface area contributed by atoms with Gasteiger partial charge in [0.05, 0.1) is 0 Å². The van der Waals surface area contributed by atoms with Gasteiger partial charge in [-0.15, -0.1) is 0 Å². The summed E-state index contributed by atoms with van der Waals surface area (Å²) >= 11 is 0. The molecule has 3 heteroatoms. The van der Waals surface area contributed by atoms with E-state index in [2.05, 4.69) is 6.07 Å². The molecule has 3 saturated heterocycles. The summed E-state index contributed by atoms with van der Waals surface area (Å²) in [6.45, 7) is -1.08. The molecule has 22 heavy (non-hydrogen) atoms. The lowest BCUT2D eigenvalue weighted by molar-refractivity contribution is 0.00258. The van der Waals surface area contributed by atoms with Crippen molar-refractivity contribution in [3.8, 4) is 0 Å². The van der Waals surface area contributed by atoms with Crippen LogP contribution in [0.4, 0.5) is 0 Å². The quantitative estimate of drug-likeness (QED) is 0.796. The first-order chi connectivity index (χ1) is 12.7. The van der Waals surface area contributed by atoms with Gasteiger partial charge in [-0.2, -0.15) is 0 Å². The largest absolute Gasteiger partial charge is 0.333 e. The zero-order chi connectivity index (χ0) is 19.2. The number of piperidine rings is 3. The van der Waals surface area contributed by atoms with Gasteiger partial charge in [-0.05, 0) is 68.2 Å². The van der Waals surface area contributed by atoms with Gasteiger partial charge in [0.2, 0.25) is 0 Å². The van der Waals surface area contributed by atoms with E-state index in [1.807, 2.05) is 12.1 Å². The zero-order valence-corrected chi connectivity index (χ0v) is 12.6. The second-order valence-electron chi connectivity index (χ2n) is 6.90. The van der Waals surface area contributed by atoms with Gasteiger partial charge in [-0.25, -0.2) is 0 Å². The lowest BCUT2D eigenvalue weighted by atomic mass is 9.75. The Labute approximate surface area is 139 Å². The topological polar surface area (TPSA) is 23.6 Å². The number of hydrogen-bond acceptors (Lipinski definition) is 2. The number of carbonyl (C=O) groups excluding carboxylic acids is 1. The Balaban J connectivity index is 1.58. The number of fused-ring (bicyclic) bond motifs is 3. The van der Waals surface area contributed by atoms with E-state index >= 15 is 0 Å². The van der Waals surface area contributed by atoms with Crippen molar-refractivity contribution in [1.82, 2.24) is 9.80 Å². The van der Waals surface area contributed by atoms with Crippen LogP contribution in [0.1, 0.15) is 59.9 Å². The molecule has 2 bridgehead atoms. The SMILES string of the molecule is [2H]C1([2H])N2CC[C@]([2H])([C@H](N3C[C@H]4CCCc5cccc(c54)C3=O)C2)C1([2H])[2H]. The molecule has 1 amide bonds. The first-order valence-electron chi connectivity index (χ1n) is 10.9. The van der Waals surface area contributed by atoms with Gasteiger partial charge in [0, 0.05) is 37.5 Å². The minimum Gasteiger partial charge on any atom is -0.333 e. The summed E-state index contributed by atoms with van der Waals surface area (Å²) in [7, 11) is 0. The lowest BCUT2D eigenvalue weighted by Crippen LogP contribution is -2.60. The Morgan fingerprint density at radius 3 is 3.18 bits per heavy atom. The van der Waals surface area contributed by atoms with Crippen molar-refractivity contribution in [3.05, 3.63) is 34.9 Å². The average molecular weight is 301 g/mol. The Bertz CT molecular complexity index is 828. The van der Waals surface area contributed by atoms with Crippen LogP contribution in [-0.2, 0) is 6.42 Å². The van der Waals surface area contributed by atoms with E-state index in [9.17, 15) is 4.79 Å². The fraction of sp³-hybridized carbons (Fsp3) is 0.632. The highest BCUT2D eigenvalue weighted by atomic mass is 16.2. The molecule has 4 heterocycles. The predicted octanol–water partition coefficient (Wildman–Crippen LogP) is 2.66. The van der Waals surface area contributed by atoms with Crippen molar-refractivity contribution in [2.75, 3.05) is 26.1 Å². The molecule has 6 rings (SSSR count). The minimum absolute atomic E-state index is 0.119. The normalized spacial score (nSPS) is 47.6. The standard InChI is InChI=1S/C19H24N2O/c22-19-16-6-2-4-14-3-1-5-15(18(14)16)11-21(19)17-12-20-9-7-13(17)8-10-20/h2,4,6,13,15,17H,1,3,5,7-12H2/t15-,17-/m1/s1/i7D2,9D2,13D/t13-,15-,17-. The van der Waals surface area contributed by atoms with Crippen LogP contribution in [0.15, 0.2) is 18.2 Å². The van der Waals surface area contributed by atoms with E-state index in [1.165, 1.54) is 10.5 Å². The molecule has 116 valence electrons. The molecule has 3 nitrogen and oxygen atoms in total. The van der Waals surface area contributed by atoms with Gasteiger partial charge in [0.15, 0.2) is 0 Å². The van der Waals surface area contributed by atoms with Gasteiger partial charge in [0.1, 0.15) is 0 Å². The maximum Gasteiger partial charge on any atom is 0.254 e. The summed E-state index contributed by atoms with van der Waals surface area (Å²) in [5, 5.41) is 0. The molecule has 0 saturated carbocycles. The first-order valence-corrected chi connectivity index (χ1v) is 8.36. The van der Waals surface area contributed by atoms with Gasteiger partial charge in [-0.3, -0.25) is 4.79 Å².